The predicted molar refractivity (Wildman–Crippen MR) is 68.5 cm³/mol. The topological polar surface area (TPSA) is 60.2 Å². The number of aromatic nitrogens is 1. The van der Waals surface area contributed by atoms with E-state index in [1.54, 1.807) is 6.20 Å². The van der Waals surface area contributed by atoms with Crippen LogP contribution in [0, 0.1) is 0 Å². The number of nitrogens with zero attached hydrogens (tertiary/aromatic N) is 1. The Hall–Kier alpha value is -0.780. The molecule has 1 aromatic rings. The van der Waals surface area contributed by atoms with E-state index in [0.29, 0.717) is 6.61 Å². The first-order chi connectivity index (χ1) is 7.81. The van der Waals surface area contributed by atoms with Crippen molar-refractivity contribution in [2.75, 3.05) is 18.1 Å². The number of nitrogens with one attached hydrogen (secondary N) is 1. The third-order valence-corrected chi connectivity index (χ3v) is 3.11. The highest BCUT2D eigenvalue weighted by Crippen LogP contribution is 2.20. The molecular formula is C11H19N3OS. The fourth-order valence-corrected chi connectivity index (χ4v) is 2.11. The van der Waals surface area contributed by atoms with Gasteiger partial charge in [-0.25, -0.2) is 0 Å². The third-order valence-electron chi connectivity index (χ3n) is 2.14. The van der Waals surface area contributed by atoms with E-state index in [4.69, 9.17) is 10.6 Å². The molecule has 1 atom stereocenters. The van der Waals surface area contributed by atoms with Crippen LogP contribution in [0.5, 0.6) is 5.75 Å². The van der Waals surface area contributed by atoms with Gasteiger partial charge in [0.1, 0.15) is 5.75 Å². The van der Waals surface area contributed by atoms with Crippen LogP contribution in [0.25, 0.3) is 0 Å². The number of hydrazine groups is 1. The second kappa shape index (κ2) is 7.49. The standard InChI is InChI=1S/C11H19N3OS/c1-3-15-10-5-9(6-13-7-10)11(14-12)8-16-4-2/h5-7,11,14H,3-4,8,12H2,1-2H3. The lowest BCUT2D eigenvalue weighted by Gasteiger charge is -2.15. The number of rotatable bonds is 7. The molecule has 0 aliphatic carbocycles. The zero-order valence-electron chi connectivity index (χ0n) is 9.77. The monoisotopic (exact) mass is 241 g/mol. The maximum absolute atomic E-state index is 5.54. The molecule has 0 radical (unpaired) electrons. The summed E-state index contributed by atoms with van der Waals surface area (Å²) in [6.07, 6.45) is 3.54. The van der Waals surface area contributed by atoms with Gasteiger partial charge in [-0.3, -0.25) is 16.3 Å². The first-order valence-corrected chi connectivity index (χ1v) is 6.58. The molecular weight excluding hydrogens is 222 g/mol. The summed E-state index contributed by atoms with van der Waals surface area (Å²) in [4.78, 5) is 4.15. The molecule has 0 saturated heterocycles. The van der Waals surface area contributed by atoms with Crippen molar-refractivity contribution < 1.29 is 4.74 Å². The van der Waals surface area contributed by atoms with Gasteiger partial charge in [-0.1, -0.05) is 6.92 Å². The van der Waals surface area contributed by atoms with Crippen LogP contribution in [-0.2, 0) is 0 Å². The molecule has 3 N–H and O–H groups in total. The van der Waals surface area contributed by atoms with Gasteiger partial charge in [-0.2, -0.15) is 11.8 Å². The van der Waals surface area contributed by atoms with Gasteiger partial charge in [-0.05, 0) is 24.3 Å². The number of pyridine rings is 1. The van der Waals surface area contributed by atoms with Crippen molar-refractivity contribution in [1.29, 1.82) is 0 Å². The number of hydrogen-bond acceptors (Lipinski definition) is 5. The highest BCUT2D eigenvalue weighted by molar-refractivity contribution is 7.99. The van der Waals surface area contributed by atoms with E-state index in [1.807, 2.05) is 30.9 Å². The second-order valence-electron chi connectivity index (χ2n) is 3.27. The van der Waals surface area contributed by atoms with Crippen molar-refractivity contribution in [3.63, 3.8) is 0 Å². The van der Waals surface area contributed by atoms with Crippen LogP contribution < -0.4 is 16.0 Å². The fourth-order valence-electron chi connectivity index (χ4n) is 1.35. The van der Waals surface area contributed by atoms with Gasteiger partial charge in [0.25, 0.3) is 0 Å². The maximum Gasteiger partial charge on any atom is 0.137 e. The minimum absolute atomic E-state index is 0.123. The van der Waals surface area contributed by atoms with E-state index in [9.17, 15) is 0 Å². The summed E-state index contributed by atoms with van der Waals surface area (Å²) in [5, 5.41) is 0. The average Bonchev–Trinajstić information content (AvgIpc) is 2.31. The van der Waals surface area contributed by atoms with E-state index in [1.165, 1.54) is 0 Å². The molecule has 0 aromatic carbocycles. The molecule has 90 valence electrons. The number of ether oxygens (including phenoxy) is 1. The first-order valence-electron chi connectivity index (χ1n) is 5.43. The van der Waals surface area contributed by atoms with E-state index >= 15 is 0 Å². The molecule has 1 unspecified atom stereocenters. The molecule has 1 rings (SSSR count). The second-order valence-corrected chi connectivity index (χ2v) is 4.58. The molecule has 0 aliphatic heterocycles. The number of hydrogen-bond donors (Lipinski definition) is 2. The summed E-state index contributed by atoms with van der Waals surface area (Å²) in [7, 11) is 0. The van der Waals surface area contributed by atoms with E-state index < -0.39 is 0 Å². The summed E-state index contributed by atoms with van der Waals surface area (Å²) >= 11 is 1.84. The van der Waals surface area contributed by atoms with Crippen LogP contribution in [0.3, 0.4) is 0 Å². The van der Waals surface area contributed by atoms with Gasteiger partial charge in [0, 0.05) is 11.9 Å². The van der Waals surface area contributed by atoms with Gasteiger partial charge in [0.15, 0.2) is 0 Å². The van der Waals surface area contributed by atoms with Crippen molar-refractivity contribution in [3.05, 3.63) is 24.0 Å². The SMILES string of the molecule is CCOc1cncc(C(CSCC)NN)c1. The first kappa shape index (κ1) is 13.3. The van der Waals surface area contributed by atoms with E-state index in [0.717, 1.165) is 22.8 Å². The zero-order chi connectivity index (χ0) is 11.8. The van der Waals surface area contributed by atoms with Crippen molar-refractivity contribution in [1.82, 2.24) is 10.4 Å². The molecule has 0 amide bonds. The largest absolute Gasteiger partial charge is 0.492 e. The Kier molecular flexibility index (Phi) is 6.22. The Bertz CT molecular complexity index is 309. The van der Waals surface area contributed by atoms with Gasteiger partial charge in [-0.15, -0.1) is 0 Å². The maximum atomic E-state index is 5.54. The quantitative estimate of drug-likeness (QED) is 0.562. The molecule has 5 heteroatoms. The third kappa shape index (κ3) is 4.00. The summed E-state index contributed by atoms with van der Waals surface area (Å²) in [5.74, 6) is 8.35. The Labute approximate surface area is 101 Å². The number of thioether (sulfide) groups is 1. The highest BCUT2D eigenvalue weighted by atomic mass is 32.2. The van der Waals surface area contributed by atoms with Gasteiger partial charge >= 0.3 is 0 Å². The lowest BCUT2D eigenvalue weighted by atomic mass is 10.1. The zero-order valence-corrected chi connectivity index (χ0v) is 10.6. The molecule has 0 spiro atoms. The molecule has 0 fully saturated rings. The molecule has 0 bridgehead atoms. The Morgan fingerprint density at radius 3 is 2.94 bits per heavy atom. The smallest absolute Gasteiger partial charge is 0.137 e. The molecule has 4 nitrogen and oxygen atoms in total. The van der Waals surface area contributed by atoms with Crippen LogP contribution in [0.1, 0.15) is 25.5 Å². The molecule has 0 aliphatic rings. The minimum Gasteiger partial charge on any atom is -0.492 e. The van der Waals surface area contributed by atoms with Crippen molar-refractivity contribution in [2.45, 2.75) is 19.9 Å². The summed E-state index contributed by atoms with van der Waals surface area (Å²) in [6, 6.07) is 2.11. The van der Waals surface area contributed by atoms with Crippen LogP contribution in [0.15, 0.2) is 18.5 Å². The Morgan fingerprint density at radius 1 is 1.50 bits per heavy atom. The van der Waals surface area contributed by atoms with Crippen LogP contribution in [0.4, 0.5) is 0 Å². The summed E-state index contributed by atoms with van der Waals surface area (Å²) in [6.45, 7) is 4.74. The lowest BCUT2D eigenvalue weighted by Crippen LogP contribution is -2.29. The molecule has 1 aromatic heterocycles. The minimum atomic E-state index is 0.123. The fraction of sp³-hybridized carbons (Fsp3) is 0.545. The normalized spacial score (nSPS) is 12.4. The van der Waals surface area contributed by atoms with Crippen LogP contribution >= 0.6 is 11.8 Å². The molecule has 0 saturated carbocycles. The predicted octanol–water partition coefficient (Wildman–Crippen LogP) is 1.74. The van der Waals surface area contributed by atoms with Crippen molar-refractivity contribution >= 4 is 11.8 Å². The van der Waals surface area contributed by atoms with Gasteiger partial charge in [0.05, 0.1) is 18.8 Å². The van der Waals surface area contributed by atoms with Crippen LogP contribution in [0.2, 0.25) is 0 Å². The average molecular weight is 241 g/mol. The van der Waals surface area contributed by atoms with E-state index in [2.05, 4.69) is 17.3 Å². The lowest BCUT2D eigenvalue weighted by molar-refractivity contribution is 0.338. The van der Waals surface area contributed by atoms with Crippen molar-refractivity contribution in [2.24, 2.45) is 5.84 Å². The van der Waals surface area contributed by atoms with Gasteiger partial charge in [0.2, 0.25) is 0 Å². The van der Waals surface area contributed by atoms with Crippen molar-refractivity contribution in [3.8, 4) is 5.75 Å². The van der Waals surface area contributed by atoms with E-state index in [-0.39, 0.29) is 6.04 Å². The molecule has 16 heavy (non-hydrogen) atoms. The van der Waals surface area contributed by atoms with Gasteiger partial charge < -0.3 is 4.74 Å². The Balaban J connectivity index is 2.71. The van der Waals surface area contributed by atoms with Crippen LogP contribution in [-0.4, -0.2) is 23.1 Å². The summed E-state index contributed by atoms with van der Waals surface area (Å²) in [5.41, 5.74) is 3.87. The number of nitrogens with two attached hydrogens (primary N) is 1. The summed E-state index contributed by atoms with van der Waals surface area (Å²) < 4.78 is 5.41. The Morgan fingerprint density at radius 2 is 2.31 bits per heavy atom. The molecule has 1 heterocycles. The highest BCUT2D eigenvalue weighted by Gasteiger charge is 2.10.